The van der Waals surface area contributed by atoms with Crippen molar-refractivity contribution in [2.45, 2.75) is 37.4 Å². The van der Waals surface area contributed by atoms with Crippen LogP contribution in [0, 0.1) is 0 Å². The molecule has 2 aromatic heterocycles. The molecular formula is C11H13N4O2S. The number of rotatable bonds is 6. The number of aromatic nitrogens is 4. The van der Waals surface area contributed by atoms with Crippen LogP contribution in [0.4, 0.5) is 0 Å². The lowest BCUT2D eigenvalue weighted by Crippen LogP contribution is -2.05. The number of unbranched alkanes of at least 4 members (excludes halogenated alkanes) is 1. The first kappa shape index (κ1) is 12.8. The maximum atomic E-state index is 10.4. The summed E-state index contributed by atoms with van der Waals surface area (Å²) >= 11 is 4.05. The molecule has 2 aromatic rings. The van der Waals surface area contributed by atoms with Crippen molar-refractivity contribution in [2.24, 2.45) is 0 Å². The smallest absolute Gasteiger partial charge is 0.418 e. The van der Waals surface area contributed by atoms with E-state index in [0.29, 0.717) is 28.6 Å². The number of nitrogens with one attached hydrogen (secondary N) is 1. The highest BCUT2D eigenvalue weighted by Gasteiger charge is 2.17. The van der Waals surface area contributed by atoms with Crippen molar-refractivity contribution in [1.29, 1.82) is 0 Å². The number of ether oxygens (including phenoxy) is 1. The Hall–Kier alpha value is -1.63. The van der Waals surface area contributed by atoms with E-state index in [2.05, 4.69) is 39.5 Å². The average molecular weight is 265 g/mol. The number of thiol groups is 1. The Labute approximate surface area is 110 Å². The standard InChI is InChI=1S/C11H13N4O2S/c1-2-3-4-8(17-6-16)10-13-7-5-12-11(18)15-9(7)14-10/h5,8H,2-4H2,1H3,(H2,12,13,14,15,18). The van der Waals surface area contributed by atoms with Crippen molar-refractivity contribution in [2.75, 3.05) is 0 Å². The molecular weight excluding hydrogens is 252 g/mol. The summed E-state index contributed by atoms with van der Waals surface area (Å²) in [5, 5.41) is 0.355. The van der Waals surface area contributed by atoms with Crippen LogP contribution in [-0.2, 0) is 9.53 Å². The Morgan fingerprint density at radius 2 is 2.39 bits per heavy atom. The Morgan fingerprint density at radius 1 is 1.56 bits per heavy atom. The molecule has 0 bridgehead atoms. The molecule has 0 amide bonds. The molecule has 7 heteroatoms. The van der Waals surface area contributed by atoms with Gasteiger partial charge in [0.1, 0.15) is 5.52 Å². The third kappa shape index (κ3) is 2.79. The molecule has 1 atom stereocenters. The lowest BCUT2D eigenvalue weighted by Gasteiger charge is -2.10. The number of carbonyl (C=O) groups excluding carboxylic acids is 1. The van der Waals surface area contributed by atoms with E-state index in [4.69, 9.17) is 4.74 Å². The molecule has 1 radical (unpaired) electrons. The van der Waals surface area contributed by atoms with Gasteiger partial charge in [-0.05, 0) is 12.8 Å². The van der Waals surface area contributed by atoms with E-state index in [0.717, 1.165) is 12.8 Å². The van der Waals surface area contributed by atoms with Crippen molar-refractivity contribution in [1.82, 2.24) is 19.9 Å². The van der Waals surface area contributed by atoms with Crippen LogP contribution >= 0.6 is 12.6 Å². The summed E-state index contributed by atoms with van der Waals surface area (Å²) < 4.78 is 4.92. The van der Waals surface area contributed by atoms with Gasteiger partial charge in [-0.1, -0.05) is 13.3 Å². The summed E-state index contributed by atoms with van der Waals surface area (Å²) in [5.74, 6) is 0.565. The molecule has 0 aliphatic rings. The quantitative estimate of drug-likeness (QED) is 0.616. The summed E-state index contributed by atoms with van der Waals surface area (Å²) in [6.07, 6.45) is 3.84. The third-order valence-electron chi connectivity index (χ3n) is 2.56. The summed E-state index contributed by atoms with van der Waals surface area (Å²) in [5.41, 5.74) is 1.21. The van der Waals surface area contributed by atoms with E-state index in [1.165, 1.54) is 6.47 Å². The molecule has 1 unspecified atom stereocenters. The molecule has 0 aliphatic heterocycles. The summed E-state index contributed by atoms with van der Waals surface area (Å²) in [4.78, 5) is 25.7. The van der Waals surface area contributed by atoms with Gasteiger partial charge in [0.15, 0.2) is 22.7 Å². The number of hydrogen-bond donors (Lipinski definition) is 2. The van der Waals surface area contributed by atoms with Crippen molar-refractivity contribution in [3.8, 4) is 0 Å². The Balaban J connectivity index is 2.28. The minimum atomic E-state index is -0.417. The zero-order valence-electron chi connectivity index (χ0n) is 9.88. The van der Waals surface area contributed by atoms with Gasteiger partial charge in [0.25, 0.3) is 0 Å². The van der Waals surface area contributed by atoms with Crippen LogP contribution in [0.5, 0.6) is 0 Å². The predicted octanol–water partition coefficient (Wildman–Crippen LogP) is 1.96. The summed E-state index contributed by atoms with van der Waals surface area (Å²) in [7, 11) is 0. The fourth-order valence-electron chi connectivity index (χ4n) is 1.67. The van der Waals surface area contributed by atoms with Crippen LogP contribution in [0.3, 0.4) is 0 Å². The highest BCUT2D eigenvalue weighted by molar-refractivity contribution is 7.80. The maximum Gasteiger partial charge on any atom is 0.418 e. The highest BCUT2D eigenvalue weighted by atomic mass is 32.1. The van der Waals surface area contributed by atoms with E-state index in [1.54, 1.807) is 6.20 Å². The lowest BCUT2D eigenvalue weighted by molar-refractivity contribution is 0.159. The number of hydrogen-bond acceptors (Lipinski definition) is 6. The van der Waals surface area contributed by atoms with Gasteiger partial charge >= 0.3 is 6.47 Å². The number of nitrogens with zero attached hydrogens (tertiary/aromatic N) is 3. The summed E-state index contributed by atoms with van der Waals surface area (Å²) in [6.45, 7) is 3.54. The average Bonchev–Trinajstić information content (AvgIpc) is 2.77. The largest absolute Gasteiger partial charge is 0.446 e. The van der Waals surface area contributed by atoms with Gasteiger partial charge in [0, 0.05) is 0 Å². The topological polar surface area (TPSA) is 80.8 Å². The molecule has 0 saturated heterocycles. The van der Waals surface area contributed by atoms with Gasteiger partial charge in [0.05, 0.1) is 6.20 Å². The molecule has 0 aliphatic carbocycles. The molecule has 0 spiro atoms. The van der Waals surface area contributed by atoms with Crippen molar-refractivity contribution in [3.63, 3.8) is 0 Å². The molecule has 1 N–H and O–H groups in total. The first-order valence-electron chi connectivity index (χ1n) is 5.69. The summed E-state index contributed by atoms with van der Waals surface area (Å²) in [6, 6.07) is 0. The highest BCUT2D eigenvalue weighted by Crippen LogP contribution is 2.22. The Kier molecular flexibility index (Phi) is 4.14. The maximum absolute atomic E-state index is 10.4. The Morgan fingerprint density at radius 3 is 3.11 bits per heavy atom. The van der Waals surface area contributed by atoms with E-state index in [9.17, 15) is 4.79 Å². The normalized spacial score (nSPS) is 12.6. The molecule has 2 rings (SSSR count). The third-order valence-corrected chi connectivity index (χ3v) is 2.78. The van der Waals surface area contributed by atoms with Gasteiger partial charge in [-0.3, -0.25) is 0 Å². The van der Waals surface area contributed by atoms with E-state index < -0.39 is 6.10 Å². The zero-order valence-corrected chi connectivity index (χ0v) is 10.8. The number of imidazole rings is 1. The molecule has 0 fully saturated rings. The second kappa shape index (κ2) is 5.81. The first-order valence-corrected chi connectivity index (χ1v) is 6.13. The Bertz CT molecular complexity index is 543. The van der Waals surface area contributed by atoms with Crippen molar-refractivity contribution >= 4 is 30.3 Å². The van der Waals surface area contributed by atoms with Gasteiger partial charge in [0.2, 0.25) is 0 Å². The predicted molar refractivity (Wildman–Crippen MR) is 68.0 cm³/mol. The lowest BCUT2D eigenvalue weighted by atomic mass is 10.1. The van der Waals surface area contributed by atoms with Crippen LogP contribution in [0.25, 0.3) is 11.2 Å². The van der Waals surface area contributed by atoms with Crippen LogP contribution in [0.2, 0.25) is 0 Å². The number of H-pyrrole nitrogens is 1. The second-order valence-electron chi connectivity index (χ2n) is 3.86. The zero-order chi connectivity index (χ0) is 13.0. The van der Waals surface area contributed by atoms with Gasteiger partial charge in [-0.15, -0.1) is 12.6 Å². The van der Waals surface area contributed by atoms with Crippen LogP contribution in [0.1, 0.15) is 38.1 Å². The van der Waals surface area contributed by atoms with Crippen LogP contribution in [0.15, 0.2) is 11.4 Å². The van der Waals surface area contributed by atoms with E-state index in [-0.39, 0.29) is 0 Å². The number of fused-ring (bicyclic) bond motifs is 1. The van der Waals surface area contributed by atoms with Gasteiger partial charge in [-0.25, -0.2) is 19.7 Å². The molecule has 18 heavy (non-hydrogen) atoms. The van der Waals surface area contributed by atoms with E-state index >= 15 is 0 Å². The second-order valence-corrected chi connectivity index (χ2v) is 4.26. The van der Waals surface area contributed by atoms with Crippen LogP contribution < -0.4 is 0 Å². The minimum absolute atomic E-state index is 0.355. The molecule has 6 nitrogen and oxygen atoms in total. The molecule has 0 saturated carbocycles. The monoisotopic (exact) mass is 265 g/mol. The van der Waals surface area contributed by atoms with Gasteiger partial charge in [-0.2, -0.15) is 0 Å². The number of aromatic amines is 1. The first-order chi connectivity index (χ1) is 8.74. The van der Waals surface area contributed by atoms with Crippen molar-refractivity contribution in [3.05, 3.63) is 12.0 Å². The van der Waals surface area contributed by atoms with E-state index in [1.807, 2.05) is 0 Å². The molecule has 95 valence electrons. The minimum Gasteiger partial charge on any atom is -0.446 e. The fraction of sp³-hybridized carbons (Fsp3) is 0.455. The van der Waals surface area contributed by atoms with Gasteiger partial charge < -0.3 is 9.72 Å². The molecule has 2 heterocycles. The SMILES string of the molecule is CCCCC(O[C]=O)c1nc2nc(S)ncc2[nH]1. The van der Waals surface area contributed by atoms with Crippen LogP contribution in [-0.4, -0.2) is 26.4 Å². The molecule has 0 aromatic carbocycles. The van der Waals surface area contributed by atoms with Crippen molar-refractivity contribution < 1.29 is 9.53 Å². The fourth-order valence-corrected chi connectivity index (χ4v) is 1.82.